The molecular weight excluding hydrogens is 451 g/mol. The van der Waals surface area contributed by atoms with Gasteiger partial charge in [0.1, 0.15) is 23.8 Å². The molecule has 4 aromatic carbocycles. The van der Waals surface area contributed by atoms with Crippen LogP contribution in [-0.2, 0) is 6.54 Å². The number of amides is 1. The second kappa shape index (κ2) is 10.4. The highest BCUT2D eigenvalue weighted by molar-refractivity contribution is 6.07. The van der Waals surface area contributed by atoms with Crippen LogP contribution in [0.3, 0.4) is 0 Å². The zero-order valence-corrected chi connectivity index (χ0v) is 19.8. The van der Waals surface area contributed by atoms with E-state index >= 15 is 0 Å². The zero-order chi connectivity index (χ0) is 24.9. The van der Waals surface area contributed by atoms with Crippen molar-refractivity contribution in [2.45, 2.75) is 19.5 Å². The number of rotatable bonds is 7. The van der Waals surface area contributed by atoms with E-state index in [1.54, 1.807) is 23.1 Å². The molecule has 0 aliphatic carbocycles. The fourth-order valence-corrected chi connectivity index (χ4v) is 4.13. The van der Waals surface area contributed by atoms with Gasteiger partial charge in [0, 0.05) is 17.7 Å². The summed E-state index contributed by atoms with van der Waals surface area (Å²) < 4.78 is 13.5. The quantitative estimate of drug-likeness (QED) is 0.281. The Kier molecular flexibility index (Phi) is 6.67. The molecule has 0 aliphatic rings. The molecule has 1 heterocycles. The van der Waals surface area contributed by atoms with Gasteiger partial charge in [-0.05, 0) is 53.1 Å². The number of nitrogens with zero attached hydrogens (tertiary/aromatic N) is 3. The summed E-state index contributed by atoms with van der Waals surface area (Å²) in [5.41, 5.74) is 2.45. The molecule has 1 N–H and O–H groups in total. The van der Waals surface area contributed by atoms with Crippen LogP contribution in [-0.4, -0.2) is 15.9 Å². The van der Waals surface area contributed by atoms with E-state index in [0.29, 0.717) is 17.2 Å². The number of benzene rings is 4. The monoisotopic (exact) mass is 476 g/mol. The minimum Gasteiger partial charge on any atom is -0.363 e. The largest absolute Gasteiger partial charge is 0.363 e. The Hall–Kier alpha value is -4.58. The Morgan fingerprint density at radius 1 is 0.861 bits per heavy atom. The van der Waals surface area contributed by atoms with E-state index in [4.69, 9.17) is 0 Å². The van der Waals surface area contributed by atoms with Crippen LogP contribution >= 0.6 is 0 Å². The van der Waals surface area contributed by atoms with Gasteiger partial charge in [0.05, 0.1) is 6.54 Å². The number of aromatic nitrogens is 2. The summed E-state index contributed by atoms with van der Waals surface area (Å²) in [6.07, 6.45) is 1.45. The summed E-state index contributed by atoms with van der Waals surface area (Å²) in [5, 5.41) is 5.43. The SMILES string of the molecule is C[C@H](Nc1cc(N(Cc2ccc(F)cc2)C(=O)c2ccc3ccccc3c2)ncn1)c1ccccc1. The predicted octanol–water partition coefficient (Wildman–Crippen LogP) is 6.79. The van der Waals surface area contributed by atoms with Gasteiger partial charge in [-0.25, -0.2) is 14.4 Å². The summed E-state index contributed by atoms with van der Waals surface area (Å²) >= 11 is 0. The number of halogens is 1. The maximum Gasteiger partial charge on any atom is 0.259 e. The molecule has 1 aromatic heterocycles. The molecule has 178 valence electrons. The van der Waals surface area contributed by atoms with E-state index in [0.717, 1.165) is 21.9 Å². The smallest absolute Gasteiger partial charge is 0.259 e. The highest BCUT2D eigenvalue weighted by Crippen LogP contribution is 2.24. The molecule has 5 nitrogen and oxygen atoms in total. The van der Waals surface area contributed by atoms with Crippen molar-refractivity contribution in [3.63, 3.8) is 0 Å². The van der Waals surface area contributed by atoms with E-state index < -0.39 is 0 Å². The van der Waals surface area contributed by atoms with Crippen LogP contribution in [0.25, 0.3) is 10.8 Å². The molecule has 36 heavy (non-hydrogen) atoms. The molecule has 0 saturated carbocycles. The maximum atomic E-state index is 13.8. The van der Waals surface area contributed by atoms with Gasteiger partial charge in [-0.1, -0.05) is 72.8 Å². The van der Waals surface area contributed by atoms with E-state index in [-0.39, 0.29) is 24.3 Å². The first-order chi connectivity index (χ1) is 17.6. The third kappa shape index (κ3) is 5.23. The topological polar surface area (TPSA) is 58.1 Å². The molecule has 0 saturated heterocycles. The first-order valence-electron chi connectivity index (χ1n) is 11.8. The summed E-state index contributed by atoms with van der Waals surface area (Å²) in [7, 11) is 0. The third-order valence-electron chi connectivity index (χ3n) is 6.09. The number of anilines is 2. The van der Waals surface area contributed by atoms with Crippen LogP contribution in [0.4, 0.5) is 16.0 Å². The van der Waals surface area contributed by atoms with Gasteiger partial charge in [-0.3, -0.25) is 9.69 Å². The van der Waals surface area contributed by atoms with E-state index in [9.17, 15) is 9.18 Å². The second-order valence-electron chi connectivity index (χ2n) is 8.62. The molecule has 0 fully saturated rings. The molecule has 0 radical (unpaired) electrons. The number of nitrogens with one attached hydrogen (secondary N) is 1. The Morgan fingerprint density at radius 3 is 2.36 bits per heavy atom. The lowest BCUT2D eigenvalue weighted by Gasteiger charge is -2.23. The van der Waals surface area contributed by atoms with E-state index in [1.807, 2.05) is 79.7 Å². The Balaban J connectivity index is 1.48. The molecule has 0 spiro atoms. The molecule has 1 atom stereocenters. The van der Waals surface area contributed by atoms with Crippen molar-refractivity contribution in [2.24, 2.45) is 0 Å². The number of fused-ring (bicyclic) bond motifs is 1. The molecule has 0 unspecified atom stereocenters. The van der Waals surface area contributed by atoms with Gasteiger partial charge in [0.2, 0.25) is 0 Å². The minimum atomic E-state index is -0.324. The Labute approximate surface area is 209 Å². The van der Waals surface area contributed by atoms with Crippen LogP contribution in [0.2, 0.25) is 0 Å². The average Bonchev–Trinajstić information content (AvgIpc) is 2.92. The molecule has 0 aliphatic heterocycles. The lowest BCUT2D eigenvalue weighted by atomic mass is 10.1. The molecule has 5 rings (SSSR count). The van der Waals surface area contributed by atoms with Crippen molar-refractivity contribution in [1.29, 1.82) is 0 Å². The average molecular weight is 477 g/mol. The number of hydrogen-bond donors (Lipinski definition) is 1. The van der Waals surface area contributed by atoms with Crippen LogP contribution in [0.5, 0.6) is 0 Å². The zero-order valence-electron chi connectivity index (χ0n) is 19.8. The van der Waals surface area contributed by atoms with Crippen molar-refractivity contribution in [3.05, 3.63) is 132 Å². The lowest BCUT2D eigenvalue weighted by Crippen LogP contribution is -2.31. The summed E-state index contributed by atoms with van der Waals surface area (Å²) in [4.78, 5) is 24.2. The van der Waals surface area contributed by atoms with Crippen molar-refractivity contribution in [1.82, 2.24) is 9.97 Å². The molecule has 6 heteroatoms. The van der Waals surface area contributed by atoms with Crippen molar-refractivity contribution in [3.8, 4) is 0 Å². The number of carbonyl (C=O) groups excluding carboxylic acids is 1. The van der Waals surface area contributed by atoms with Gasteiger partial charge in [-0.2, -0.15) is 0 Å². The summed E-state index contributed by atoms with van der Waals surface area (Å²) in [6, 6.07) is 31.5. The van der Waals surface area contributed by atoms with Crippen LogP contribution in [0.1, 0.15) is 34.5 Å². The van der Waals surface area contributed by atoms with Gasteiger partial charge in [-0.15, -0.1) is 0 Å². The highest BCUT2D eigenvalue weighted by Gasteiger charge is 2.21. The van der Waals surface area contributed by atoms with Gasteiger partial charge in [0.15, 0.2) is 0 Å². The second-order valence-corrected chi connectivity index (χ2v) is 8.62. The molecule has 5 aromatic rings. The first-order valence-corrected chi connectivity index (χ1v) is 11.8. The van der Waals surface area contributed by atoms with Crippen molar-refractivity contribution >= 4 is 28.3 Å². The Bertz CT molecular complexity index is 1490. The molecule has 1 amide bonds. The fraction of sp³-hybridized carbons (Fsp3) is 0.100. The molecule has 0 bridgehead atoms. The van der Waals surface area contributed by atoms with Crippen LogP contribution in [0, 0.1) is 5.82 Å². The Morgan fingerprint density at radius 2 is 1.58 bits per heavy atom. The minimum absolute atomic E-state index is 0.00990. The van der Waals surface area contributed by atoms with Crippen molar-refractivity contribution in [2.75, 3.05) is 10.2 Å². The van der Waals surface area contributed by atoms with E-state index in [1.165, 1.54) is 18.5 Å². The summed E-state index contributed by atoms with van der Waals surface area (Å²) in [5.74, 6) is 0.530. The standard InChI is InChI=1S/C30H25FN4O/c1-21(23-7-3-2-4-8-23)34-28-18-29(33-20-32-28)35(19-22-11-15-27(31)16-12-22)30(36)26-14-13-24-9-5-6-10-25(24)17-26/h2-18,20-21H,19H2,1H3,(H,32,33,34)/t21-/m0/s1. The predicted molar refractivity (Wildman–Crippen MR) is 141 cm³/mol. The highest BCUT2D eigenvalue weighted by atomic mass is 19.1. The lowest BCUT2D eigenvalue weighted by molar-refractivity contribution is 0.0984. The van der Waals surface area contributed by atoms with Crippen LogP contribution in [0.15, 0.2) is 109 Å². The third-order valence-corrected chi connectivity index (χ3v) is 6.09. The number of hydrogen-bond acceptors (Lipinski definition) is 4. The van der Waals surface area contributed by atoms with Gasteiger partial charge < -0.3 is 5.32 Å². The van der Waals surface area contributed by atoms with Gasteiger partial charge in [0.25, 0.3) is 5.91 Å². The molecular formula is C30H25FN4O. The normalized spacial score (nSPS) is 11.7. The van der Waals surface area contributed by atoms with E-state index in [2.05, 4.69) is 15.3 Å². The fourth-order valence-electron chi connectivity index (χ4n) is 4.13. The summed E-state index contributed by atoms with van der Waals surface area (Å²) in [6.45, 7) is 2.28. The van der Waals surface area contributed by atoms with Crippen molar-refractivity contribution < 1.29 is 9.18 Å². The maximum absolute atomic E-state index is 13.8. The number of carbonyl (C=O) groups is 1. The van der Waals surface area contributed by atoms with Gasteiger partial charge >= 0.3 is 0 Å². The van der Waals surface area contributed by atoms with Crippen LogP contribution < -0.4 is 10.2 Å². The first kappa shape index (κ1) is 23.2.